The second kappa shape index (κ2) is 52.2. The summed E-state index contributed by atoms with van der Waals surface area (Å²) in [5.74, 6) is 0. The number of nitrogens with zero attached hydrogens (tertiary/aromatic N) is 7. The monoisotopic (exact) mass is 1980 g/mol. The fourth-order valence-electron chi connectivity index (χ4n) is 15.9. The molecule has 0 radical (unpaired) electrons. The number of quaternary nitrogens is 3. The molecule has 0 atom stereocenters. The van der Waals surface area contributed by atoms with Crippen molar-refractivity contribution in [1.29, 1.82) is 0 Å². The van der Waals surface area contributed by atoms with Crippen molar-refractivity contribution < 1.29 is 82.4 Å². The summed E-state index contributed by atoms with van der Waals surface area (Å²) in [5, 5.41) is -3.67. The van der Waals surface area contributed by atoms with E-state index in [4.69, 9.17) is 113 Å². The first-order valence-corrected chi connectivity index (χ1v) is 52.3. The van der Waals surface area contributed by atoms with E-state index < -0.39 is 80.1 Å². The molecule has 0 spiro atoms. The van der Waals surface area contributed by atoms with Gasteiger partial charge < -0.3 is 41.6 Å². The van der Waals surface area contributed by atoms with Crippen LogP contribution in [0.4, 0.5) is 0 Å². The number of unbranched alkanes of at least 4 members (excludes halogenated alkanes) is 12. The molecule has 0 amide bonds. The summed E-state index contributed by atoms with van der Waals surface area (Å²) < 4.78 is 155. The van der Waals surface area contributed by atoms with Gasteiger partial charge in [-0.3, -0.25) is 0 Å². The van der Waals surface area contributed by atoms with Crippen molar-refractivity contribution in [3.05, 3.63) is 136 Å². The quantitative estimate of drug-likeness (QED) is 0.0195. The van der Waals surface area contributed by atoms with Gasteiger partial charge in [-0.25, -0.2) is 43.6 Å². The van der Waals surface area contributed by atoms with Crippen LogP contribution in [-0.4, -0.2) is 154 Å². The molecule has 0 unspecified atom stereocenters. The molecule has 686 valence electrons. The van der Waals surface area contributed by atoms with Crippen molar-refractivity contribution in [2.75, 3.05) is 78.5 Å². The standard InChI is InChI=1S/C44H20Cl8N4O12S4.3C16H36N.Mn/c45-17-1-13-29(69(57,58)59)41(49)33(17)37-21-5-7-23(53-21)38(34-18(46)2-14-30(42(34)50)70(60,61)62)25-9-11-27(55-25)40(36-20(48)4-16-32(44(36)52)72(66,67)68)28-12-10-26(56-28)39(24-8-6-22(37)54-24)35-19(47)3-15-31(43(35)51)71(63,64)65;3*1-5-9-13-17(14-10-6-2,15-11-7-3)16-12-8-4;/h1-16H,(H,57,58,59)(H,60,61,62)(H,63,64,65)(H,66,67,68);3*5-16H2,1-4H3;/q-2;3*+1;+3/p-4. The first kappa shape index (κ1) is 110. The Balaban J connectivity index is 0.000000424. The van der Waals surface area contributed by atoms with Crippen molar-refractivity contribution >= 4 is 180 Å². The molecule has 0 aliphatic carbocycles. The van der Waals surface area contributed by atoms with Crippen LogP contribution in [0.1, 0.15) is 260 Å². The van der Waals surface area contributed by atoms with E-state index in [1.54, 1.807) is 0 Å². The zero-order valence-corrected chi connectivity index (χ0v) is 84.3. The van der Waals surface area contributed by atoms with E-state index in [0.717, 1.165) is 48.5 Å². The SMILES string of the molecule is CCCC[N+](CCCC)(CCCC)CCCC.CCCC[N+](CCCC)(CCCC)CCCC.CCCC[N+](CCCC)(CCCC)CCCC.O=S(=O)([O-])c1ccc(Cl)c(-c2c3nc(c(-c4c(Cl)ccc(S(=O)(=O)[O-])c4Cl)c4ccc([n-]4)c(-c4c(Cl)ccc(S(=O)(=O)[O-])c4Cl)c4nc(c(-c5c(Cl)ccc(S(=O)(=O)[O-])c5Cl)c5ccc2[n-]5)C=C4)C=C3)c1Cl.[Mn+3]. The van der Waals surface area contributed by atoms with Crippen molar-refractivity contribution in [2.24, 2.45) is 0 Å². The van der Waals surface area contributed by atoms with Gasteiger partial charge in [0.1, 0.15) is 40.5 Å². The van der Waals surface area contributed by atoms with Crippen molar-refractivity contribution in [3.8, 4) is 44.5 Å². The molecule has 2 aliphatic rings. The molecule has 5 heterocycles. The van der Waals surface area contributed by atoms with Gasteiger partial charge >= 0.3 is 17.1 Å². The van der Waals surface area contributed by atoms with Crippen LogP contribution in [0.2, 0.25) is 40.2 Å². The largest absolute Gasteiger partial charge is 3.00 e. The Kier molecular flexibility index (Phi) is 46.4. The van der Waals surface area contributed by atoms with E-state index in [2.05, 4.69) is 83.1 Å². The van der Waals surface area contributed by atoms with Gasteiger partial charge in [-0.15, -0.1) is 22.1 Å². The van der Waals surface area contributed by atoms with E-state index >= 15 is 0 Å². The smallest absolute Gasteiger partial charge is 0.744 e. The zero-order chi connectivity index (χ0) is 91.3. The molecule has 0 saturated heterocycles. The molecule has 124 heavy (non-hydrogen) atoms. The molecule has 32 heteroatoms. The molecule has 19 nitrogen and oxygen atoms in total. The average molecular weight is 1990 g/mol. The third-order valence-electron chi connectivity index (χ3n) is 22.7. The number of hydrogen-bond donors (Lipinski definition) is 0. The van der Waals surface area contributed by atoms with Crippen molar-refractivity contribution in [2.45, 2.75) is 257 Å². The summed E-state index contributed by atoms with van der Waals surface area (Å²) in [4.78, 5) is 15.6. The predicted molar refractivity (Wildman–Crippen MR) is 509 cm³/mol. The third-order valence-corrected chi connectivity index (χ3v) is 29.5. The van der Waals surface area contributed by atoms with E-state index in [1.165, 1.54) is 295 Å². The van der Waals surface area contributed by atoms with Crippen molar-refractivity contribution in [1.82, 2.24) is 19.9 Å². The van der Waals surface area contributed by atoms with E-state index in [1.807, 2.05) is 0 Å². The third kappa shape index (κ3) is 29.9. The van der Waals surface area contributed by atoms with Crippen LogP contribution in [0.15, 0.2) is 92.4 Å². The molecule has 4 aromatic carbocycles. The second-order valence-corrected chi connectivity index (χ2v) is 40.6. The normalized spacial score (nSPS) is 12.5. The Bertz CT molecular complexity index is 4680. The number of rotatable bonds is 44. The molecule has 9 rings (SSSR count). The van der Waals surface area contributed by atoms with Gasteiger partial charge in [-0.1, -0.05) is 277 Å². The van der Waals surface area contributed by atoms with Crippen LogP contribution in [0.3, 0.4) is 0 Å². The first-order chi connectivity index (χ1) is 58.3. The molecule has 2 aliphatic heterocycles. The molecule has 8 bridgehead atoms. The van der Waals surface area contributed by atoms with Gasteiger partial charge in [0.05, 0.1) is 161 Å². The molecular formula is C92H124Cl8MnN7O12S4. The maximum absolute atomic E-state index is 12.6. The number of benzene rings is 4. The van der Waals surface area contributed by atoms with E-state index in [0.29, 0.717) is 0 Å². The van der Waals surface area contributed by atoms with Crippen LogP contribution in [0.5, 0.6) is 0 Å². The first-order valence-electron chi connectivity index (χ1n) is 43.7. The van der Waals surface area contributed by atoms with Crippen molar-refractivity contribution in [3.63, 3.8) is 0 Å². The summed E-state index contributed by atoms with van der Waals surface area (Å²) in [5.41, 5.74) is -2.99. The number of fused-ring (bicyclic) bond motifs is 8. The summed E-state index contributed by atoms with van der Waals surface area (Å²) in [6, 6.07) is 13.2. The fourth-order valence-corrected chi connectivity index (χ4v) is 21.5. The number of hydrogen-bond acceptors (Lipinski definition) is 14. The van der Waals surface area contributed by atoms with E-state index in [-0.39, 0.29) is 127 Å². The maximum Gasteiger partial charge on any atom is 3.00 e. The van der Waals surface area contributed by atoms with E-state index in [9.17, 15) is 51.9 Å². The molecular weight excluding hydrogens is 1860 g/mol. The fraction of sp³-hybridized carbons (Fsp3) is 0.522. The van der Waals surface area contributed by atoms with Gasteiger partial charge in [-0.2, -0.15) is 0 Å². The zero-order valence-electron chi connectivity index (χ0n) is 73.8. The Hall–Kier alpha value is -4.16. The molecule has 0 fully saturated rings. The number of aromatic nitrogens is 4. The minimum absolute atomic E-state index is 0. The Labute approximate surface area is 790 Å². The number of halogens is 8. The Morgan fingerprint density at radius 2 is 0.395 bits per heavy atom. The van der Waals surface area contributed by atoms with Crippen LogP contribution in [-0.2, 0) is 57.5 Å². The summed E-state index contributed by atoms with van der Waals surface area (Å²) in [6.07, 6.45) is 38.6. The van der Waals surface area contributed by atoms with Gasteiger partial charge in [-0.05, 0) is 172 Å². The minimum Gasteiger partial charge on any atom is -0.744 e. The van der Waals surface area contributed by atoms with Crippen LogP contribution in [0, 0.1) is 0 Å². The van der Waals surface area contributed by atoms with Gasteiger partial charge in [0.15, 0.2) is 0 Å². The molecule has 0 N–H and O–H groups in total. The average Bonchev–Trinajstić information content (AvgIpc) is 1.58. The molecule has 7 aromatic rings. The Morgan fingerprint density at radius 3 is 0.524 bits per heavy atom. The van der Waals surface area contributed by atoms with Crippen LogP contribution < -0.4 is 9.97 Å². The maximum atomic E-state index is 12.6. The minimum atomic E-state index is -5.30. The second-order valence-electron chi connectivity index (χ2n) is 32.1. The predicted octanol–water partition coefficient (Wildman–Crippen LogP) is 26.4. The molecule has 3 aromatic heterocycles. The summed E-state index contributed by atoms with van der Waals surface area (Å²) in [6.45, 7) is 45.1. The van der Waals surface area contributed by atoms with Crippen LogP contribution >= 0.6 is 92.8 Å². The summed E-state index contributed by atoms with van der Waals surface area (Å²) >= 11 is 54.1. The topological polar surface area (TPSA) is 283 Å². The summed E-state index contributed by atoms with van der Waals surface area (Å²) in [7, 11) is -21.2. The van der Waals surface area contributed by atoms with Gasteiger partial charge in [0.2, 0.25) is 0 Å². The van der Waals surface area contributed by atoms with Gasteiger partial charge in [0.25, 0.3) is 0 Å². The van der Waals surface area contributed by atoms with Crippen LogP contribution in [0.25, 0.3) is 90.9 Å². The Morgan fingerprint density at radius 1 is 0.250 bits per heavy atom. The molecule has 0 saturated carbocycles. The van der Waals surface area contributed by atoms with Gasteiger partial charge in [0, 0.05) is 22.3 Å².